The highest BCUT2D eigenvalue weighted by Gasteiger charge is 2.08. The van der Waals surface area contributed by atoms with Crippen LogP contribution in [0.2, 0.25) is 0 Å². The molecule has 118 valence electrons. The average Bonchev–Trinajstić information content (AvgIpc) is 2.51. The van der Waals surface area contributed by atoms with Gasteiger partial charge in [-0.05, 0) is 48.9 Å². The minimum Gasteiger partial charge on any atom is -0.204 e. The van der Waals surface area contributed by atoms with E-state index in [1.54, 1.807) is 12.1 Å². The Hall–Kier alpha value is -1.84. The summed E-state index contributed by atoms with van der Waals surface area (Å²) < 4.78 is 52.9. The van der Waals surface area contributed by atoms with Gasteiger partial charge < -0.3 is 0 Å². The Labute approximate surface area is 127 Å². The summed E-state index contributed by atoms with van der Waals surface area (Å²) in [6.07, 6.45) is 4.13. The SMILES string of the molecule is Fc1cccc(CCCCCCc2cccc(F)c2F)c1F. The van der Waals surface area contributed by atoms with Crippen LogP contribution in [0.15, 0.2) is 36.4 Å². The first kappa shape index (κ1) is 16.5. The van der Waals surface area contributed by atoms with Gasteiger partial charge in [0, 0.05) is 0 Å². The maximum Gasteiger partial charge on any atom is 0.162 e. The van der Waals surface area contributed by atoms with Gasteiger partial charge in [-0.2, -0.15) is 0 Å². The van der Waals surface area contributed by atoms with Crippen LogP contribution in [0.25, 0.3) is 0 Å². The monoisotopic (exact) mass is 310 g/mol. The highest BCUT2D eigenvalue weighted by Crippen LogP contribution is 2.17. The van der Waals surface area contributed by atoms with E-state index in [0.29, 0.717) is 24.0 Å². The Morgan fingerprint density at radius 3 is 1.36 bits per heavy atom. The number of unbranched alkanes of at least 4 members (excludes halogenated alkanes) is 3. The van der Waals surface area contributed by atoms with E-state index in [0.717, 1.165) is 37.8 Å². The number of hydrogen-bond donors (Lipinski definition) is 0. The van der Waals surface area contributed by atoms with Gasteiger partial charge in [-0.3, -0.25) is 0 Å². The quantitative estimate of drug-likeness (QED) is 0.462. The molecule has 0 saturated carbocycles. The Bertz CT molecular complexity index is 567. The normalized spacial score (nSPS) is 10.9. The molecule has 0 bridgehead atoms. The topological polar surface area (TPSA) is 0 Å². The van der Waals surface area contributed by atoms with Crippen LogP contribution in [0.4, 0.5) is 17.6 Å². The Balaban J connectivity index is 1.70. The van der Waals surface area contributed by atoms with Crippen molar-refractivity contribution in [2.45, 2.75) is 38.5 Å². The molecule has 22 heavy (non-hydrogen) atoms. The van der Waals surface area contributed by atoms with Crippen LogP contribution in [-0.2, 0) is 12.8 Å². The van der Waals surface area contributed by atoms with E-state index in [9.17, 15) is 17.6 Å². The summed E-state index contributed by atoms with van der Waals surface area (Å²) in [7, 11) is 0. The molecule has 2 rings (SSSR count). The molecular weight excluding hydrogens is 292 g/mol. The molecule has 0 heterocycles. The standard InChI is InChI=1S/C18H18F4/c19-15-11-5-9-13(17(15)21)7-3-1-2-4-8-14-10-6-12-16(20)18(14)22/h5-6,9-12H,1-4,7-8H2. The number of aryl methyl sites for hydroxylation is 2. The maximum atomic E-state index is 13.4. The summed E-state index contributed by atoms with van der Waals surface area (Å²) >= 11 is 0. The molecule has 0 unspecified atom stereocenters. The van der Waals surface area contributed by atoms with Crippen molar-refractivity contribution in [1.82, 2.24) is 0 Å². The predicted molar refractivity (Wildman–Crippen MR) is 78.6 cm³/mol. The van der Waals surface area contributed by atoms with Crippen molar-refractivity contribution in [3.8, 4) is 0 Å². The van der Waals surface area contributed by atoms with E-state index >= 15 is 0 Å². The van der Waals surface area contributed by atoms with Crippen molar-refractivity contribution >= 4 is 0 Å². The lowest BCUT2D eigenvalue weighted by Crippen LogP contribution is -1.96. The predicted octanol–water partition coefficient (Wildman–Crippen LogP) is 5.59. The van der Waals surface area contributed by atoms with Gasteiger partial charge in [0.05, 0.1) is 0 Å². The van der Waals surface area contributed by atoms with E-state index in [-0.39, 0.29) is 0 Å². The van der Waals surface area contributed by atoms with Crippen molar-refractivity contribution in [3.05, 3.63) is 70.8 Å². The Morgan fingerprint density at radius 1 is 0.545 bits per heavy atom. The van der Waals surface area contributed by atoms with Crippen molar-refractivity contribution in [1.29, 1.82) is 0 Å². The molecule has 0 amide bonds. The Kier molecular flexibility index (Phi) is 5.99. The van der Waals surface area contributed by atoms with Gasteiger partial charge in [0.2, 0.25) is 0 Å². The van der Waals surface area contributed by atoms with E-state index in [2.05, 4.69) is 0 Å². The van der Waals surface area contributed by atoms with Crippen LogP contribution in [-0.4, -0.2) is 0 Å². The zero-order chi connectivity index (χ0) is 15.9. The number of benzene rings is 2. The lowest BCUT2D eigenvalue weighted by molar-refractivity contribution is 0.492. The van der Waals surface area contributed by atoms with Crippen molar-refractivity contribution in [2.24, 2.45) is 0 Å². The third-order valence-corrected chi connectivity index (χ3v) is 3.71. The third kappa shape index (κ3) is 4.33. The summed E-state index contributed by atoms with van der Waals surface area (Å²) in [5, 5.41) is 0. The number of rotatable bonds is 7. The average molecular weight is 310 g/mol. The van der Waals surface area contributed by atoms with E-state index in [4.69, 9.17) is 0 Å². The van der Waals surface area contributed by atoms with E-state index in [1.165, 1.54) is 12.1 Å². The second-order valence-electron chi connectivity index (χ2n) is 5.34. The molecule has 0 N–H and O–H groups in total. The van der Waals surface area contributed by atoms with Gasteiger partial charge in [0.15, 0.2) is 23.3 Å². The molecule has 4 heteroatoms. The smallest absolute Gasteiger partial charge is 0.162 e. The van der Waals surface area contributed by atoms with Gasteiger partial charge >= 0.3 is 0 Å². The summed E-state index contributed by atoms with van der Waals surface area (Å²) in [6.45, 7) is 0. The minimum atomic E-state index is -0.820. The minimum absolute atomic E-state index is 0.385. The van der Waals surface area contributed by atoms with Crippen LogP contribution in [0, 0.1) is 23.3 Å². The first-order chi connectivity index (χ1) is 10.6. The van der Waals surface area contributed by atoms with Crippen molar-refractivity contribution < 1.29 is 17.6 Å². The number of halogens is 4. The molecule has 0 aliphatic rings. The van der Waals surface area contributed by atoms with Gasteiger partial charge in [-0.25, -0.2) is 17.6 Å². The molecule has 0 nitrogen and oxygen atoms in total. The van der Waals surface area contributed by atoms with E-state index < -0.39 is 23.3 Å². The lowest BCUT2D eigenvalue weighted by atomic mass is 10.0. The summed E-state index contributed by atoms with van der Waals surface area (Å²) in [5.41, 5.74) is 0.771. The first-order valence-electron chi connectivity index (χ1n) is 7.45. The zero-order valence-corrected chi connectivity index (χ0v) is 12.2. The molecule has 0 fully saturated rings. The summed E-state index contributed by atoms with van der Waals surface area (Å²) in [4.78, 5) is 0. The molecule has 0 aliphatic heterocycles. The fourth-order valence-electron chi connectivity index (χ4n) is 2.47. The van der Waals surface area contributed by atoms with Crippen LogP contribution in [0.3, 0.4) is 0 Å². The summed E-state index contributed by atoms with van der Waals surface area (Å²) in [5.74, 6) is -3.19. The van der Waals surface area contributed by atoms with Gasteiger partial charge in [-0.15, -0.1) is 0 Å². The highest BCUT2D eigenvalue weighted by atomic mass is 19.2. The van der Waals surface area contributed by atoms with Crippen molar-refractivity contribution in [3.63, 3.8) is 0 Å². The zero-order valence-electron chi connectivity index (χ0n) is 12.2. The number of hydrogen-bond acceptors (Lipinski definition) is 0. The molecule has 0 aromatic heterocycles. The molecule has 0 radical (unpaired) electrons. The largest absolute Gasteiger partial charge is 0.204 e. The van der Waals surface area contributed by atoms with Crippen molar-refractivity contribution in [2.75, 3.05) is 0 Å². The van der Waals surface area contributed by atoms with E-state index in [1.807, 2.05) is 0 Å². The fraction of sp³-hybridized carbons (Fsp3) is 0.333. The second kappa shape index (κ2) is 7.97. The molecular formula is C18H18F4. The van der Waals surface area contributed by atoms with Gasteiger partial charge in [-0.1, -0.05) is 37.1 Å². The molecule has 0 atom stereocenters. The fourth-order valence-corrected chi connectivity index (χ4v) is 2.47. The lowest BCUT2D eigenvalue weighted by Gasteiger charge is -2.05. The molecule has 0 aliphatic carbocycles. The Morgan fingerprint density at radius 2 is 0.955 bits per heavy atom. The first-order valence-corrected chi connectivity index (χ1v) is 7.45. The van der Waals surface area contributed by atoms with Crippen LogP contribution >= 0.6 is 0 Å². The van der Waals surface area contributed by atoms with Gasteiger partial charge in [0.25, 0.3) is 0 Å². The molecule has 0 saturated heterocycles. The van der Waals surface area contributed by atoms with Crippen LogP contribution in [0.5, 0.6) is 0 Å². The van der Waals surface area contributed by atoms with Crippen LogP contribution in [0.1, 0.15) is 36.8 Å². The maximum absolute atomic E-state index is 13.4. The molecule has 2 aromatic carbocycles. The second-order valence-corrected chi connectivity index (χ2v) is 5.34. The summed E-state index contributed by atoms with van der Waals surface area (Å²) in [6, 6.07) is 8.38. The highest BCUT2D eigenvalue weighted by molar-refractivity contribution is 5.19. The molecule has 0 spiro atoms. The molecule has 2 aromatic rings. The van der Waals surface area contributed by atoms with Gasteiger partial charge in [0.1, 0.15) is 0 Å². The third-order valence-electron chi connectivity index (χ3n) is 3.71. The van der Waals surface area contributed by atoms with Crippen LogP contribution < -0.4 is 0 Å².